The number of hydrogen-bond donors (Lipinski definition) is 1. The lowest BCUT2D eigenvalue weighted by Crippen LogP contribution is -2.44. The van der Waals surface area contributed by atoms with Crippen LogP contribution in [-0.2, 0) is 0 Å². The van der Waals surface area contributed by atoms with Gasteiger partial charge in [0.25, 0.3) is 0 Å². The van der Waals surface area contributed by atoms with Crippen LogP contribution in [0.25, 0.3) is 0 Å². The van der Waals surface area contributed by atoms with E-state index in [2.05, 4.69) is 11.6 Å². The van der Waals surface area contributed by atoms with Gasteiger partial charge in [0.1, 0.15) is 5.82 Å². The SMILES string of the molecule is CSC1(CNC(c2ccc(F)cc2)C2CC2)CCC1. The first-order valence-corrected chi connectivity index (χ1v) is 8.49. The molecule has 2 aliphatic carbocycles. The van der Waals surface area contributed by atoms with Crippen LogP contribution in [0.1, 0.15) is 43.7 Å². The third-order valence-corrected chi connectivity index (χ3v) is 6.08. The number of halogens is 1. The van der Waals surface area contributed by atoms with Gasteiger partial charge in [0.15, 0.2) is 0 Å². The van der Waals surface area contributed by atoms with Crippen LogP contribution in [0.2, 0.25) is 0 Å². The molecule has 0 amide bonds. The summed E-state index contributed by atoms with van der Waals surface area (Å²) in [4.78, 5) is 0. The predicted octanol–water partition coefficient (Wildman–Crippen LogP) is 4.15. The molecule has 0 saturated heterocycles. The van der Waals surface area contributed by atoms with Gasteiger partial charge < -0.3 is 5.32 Å². The van der Waals surface area contributed by atoms with Gasteiger partial charge in [0.2, 0.25) is 0 Å². The van der Waals surface area contributed by atoms with Crippen LogP contribution in [0, 0.1) is 11.7 Å². The molecule has 1 unspecified atom stereocenters. The maximum Gasteiger partial charge on any atom is 0.123 e. The third kappa shape index (κ3) is 2.97. The highest BCUT2D eigenvalue weighted by Gasteiger charge is 2.38. The zero-order valence-corrected chi connectivity index (χ0v) is 12.3. The molecular weight excluding hydrogens is 257 g/mol. The van der Waals surface area contributed by atoms with Crippen LogP contribution in [0.3, 0.4) is 0 Å². The highest BCUT2D eigenvalue weighted by atomic mass is 32.2. The minimum Gasteiger partial charge on any atom is -0.308 e. The minimum atomic E-state index is -0.141. The fourth-order valence-corrected chi connectivity index (χ4v) is 3.90. The molecule has 0 aliphatic heterocycles. The van der Waals surface area contributed by atoms with Crippen LogP contribution in [0.4, 0.5) is 4.39 Å². The Bertz CT molecular complexity index is 417. The van der Waals surface area contributed by atoms with Crippen molar-refractivity contribution < 1.29 is 4.39 Å². The molecule has 19 heavy (non-hydrogen) atoms. The number of thioether (sulfide) groups is 1. The summed E-state index contributed by atoms with van der Waals surface area (Å²) < 4.78 is 13.5. The molecule has 2 aliphatic rings. The summed E-state index contributed by atoms with van der Waals surface area (Å²) in [7, 11) is 0. The zero-order valence-electron chi connectivity index (χ0n) is 11.5. The maximum absolute atomic E-state index is 13.0. The highest BCUT2D eigenvalue weighted by molar-refractivity contribution is 8.00. The lowest BCUT2D eigenvalue weighted by Gasteiger charge is -2.41. The quantitative estimate of drug-likeness (QED) is 0.839. The molecule has 2 saturated carbocycles. The number of hydrogen-bond acceptors (Lipinski definition) is 2. The van der Waals surface area contributed by atoms with E-state index in [-0.39, 0.29) is 5.82 Å². The van der Waals surface area contributed by atoms with Gasteiger partial charge >= 0.3 is 0 Å². The number of benzene rings is 1. The second-order valence-corrected chi connectivity index (χ2v) is 7.26. The van der Waals surface area contributed by atoms with E-state index in [0.717, 1.165) is 12.5 Å². The fourth-order valence-electron chi connectivity index (χ4n) is 2.98. The van der Waals surface area contributed by atoms with E-state index in [0.29, 0.717) is 10.8 Å². The lowest BCUT2D eigenvalue weighted by atomic mass is 9.83. The summed E-state index contributed by atoms with van der Waals surface area (Å²) in [5, 5.41) is 3.77. The molecule has 0 heterocycles. The van der Waals surface area contributed by atoms with Crippen molar-refractivity contribution in [3.8, 4) is 0 Å². The number of rotatable bonds is 6. The van der Waals surface area contributed by atoms with Gasteiger partial charge in [0, 0.05) is 17.3 Å². The van der Waals surface area contributed by atoms with Crippen molar-refractivity contribution in [2.45, 2.75) is 42.9 Å². The molecule has 3 rings (SSSR count). The van der Waals surface area contributed by atoms with Gasteiger partial charge in [-0.3, -0.25) is 0 Å². The molecule has 0 spiro atoms. The molecule has 0 bridgehead atoms. The van der Waals surface area contributed by atoms with Crippen molar-refractivity contribution in [1.82, 2.24) is 5.32 Å². The Balaban J connectivity index is 1.66. The first kappa shape index (κ1) is 13.4. The Labute approximate surface area is 119 Å². The average molecular weight is 279 g/mol. The summed E-state index contributed by atoms with van der Waals surface area (Å²) in [6.45, 7) is 1.09. The average Bonchev–Trinajstić information content (AvgIpc) is 3.19. The summed E-state index contributed by atoms with van der Waals surface area (Å²) in [5.74, 6) is 0.613. The topological polar surface area (TPSA) is 12.0 Å². The Kier molecular flexibility index (Phi) is 3.86. The van der Waals surface area contributed by atoms with E-state index < -0.39 is 0 Å². The smallest absolute Gasteiger partial charge is 0.123 e. The fraction of sp³-hybridized carbons (Fsp3) is 0.625. The molecule has 104 valence electrons. The maximum atomic E-state index is 13.0. The predicted molar refractivity (Wildman–Crippen MR) is 80.0 cm³/mol. The van der Waals surface area contributed by atoms with Gasteiger partial charge in [0.05, 0.1) is 0 Å². The normalized spacial score (nSPS) is 22.8. The largest absolute Gasteiger partial charge is 0.308 e. The Morgan fingerprint density at radius 2 is 2.00 bits per heavy atom. The molecular formula is C16H22FNS. The minimum absolute atomic E-state index is 0.141. The third-order valence-electron chi connectivity index (χ3n) is 4.66. The Hall–Kier alpha value is -0.540. The van der Waals surface area contributed by atoms with E-state index >= 15 is 0 Å². The van der Waals surface area contributed by atoms with Gasteiger partial charge in [-0.25, -0.2) is 4.39 Å². The molecule has 0 aromatic heterocycles. The van der Waals surface area contributed by atoms with E-state index in [1.54, 1.807) is 12.1 Å². The van der Waals surface area contributed by atoms with Gasteiger partial charge in [-0.05, 0) is 55.6 Å². The van der Waals surface area contributed by atoms with E-state index in [4.69, 9.17) is 0 Å². The lowest BCUT2D eigenvalue weighted by molar-refractivity contribution is 0.322. The summed E-state index contributed by atoms with van der Waals surface area (Å²) in [5.41, 5.74) is 1.25. The molecule has 0 radical (unpaired) electrons. The van der Waals surface area contributed by atoms with E-state index in [9.17, 15) is 4.39 Å². The molecule has 1 aromatic rings. The first-order chi connectivity index (χ1) is 9.22. The van der Waals surface area contributed by atoms with Gasteiger partial charge in [-0.15, -0.1) is 0 Å². The second kappa shape index (κ2) is 5.45. The highest BCUT2D eigenvalue weighted by Crippen LogP contribution is 2.45. The Morgan fingerprint density at radius 1 is 1.32 bits per heavy atom. The van der Waals surface area contributed by atoms with Crippen molar-refractivity contribution in [1.29, 1.82) is 0 Å². The molecule has 1 N–H and O–H groups in total. The zero-order chi connectivity index (χ0) is 13.3. The molecule has 1 atom stereocenters. The summed E-state index contributed by atoms with van der Waals surface area (Å²) in [6, 6.07) is 7.47. The van der Waals surface area contributed by atoms with Crippen LogP contribution in [-0.4, -0.2) is 17.5 Å². The van der Waals surface area contributed by atoms with Crippen molar-refractivity contribution in [2.24, 2.45) is 5.92 Å². The van der Waals surface area contributed by atoms with Crippen molar-refractivity contribution in [2.75, 3.05) is 12.8 Å². The van der Waals surface area contributed by atoms with E-state index in [1.165, 1.54) is 37.7 Å². The van der Waals surface area contributed by atoms with Crippen LogP contribution >= 0.6 is 11.8 Å². The summed E-state index contributed by atoms with van der Waals surface area (Å²) in [6.07, 6.45) is 8.88. The van der Waals surface area contributed by atoms with Crippen LogP contribution < -0.4 is 5.32 Å². The standard InChI is InChI=1S/C16H22FNS/c1-19-16(9-2-10-16)11-18-15(12-3-4-12)13-5-7-14(17)8-6-13/h5-8,12,15,18H,2-4,9-11H2,1H3. The van der Waals surface area contributed by atoms with Crippen molar-refractivity contribution in [3.63, 3.8) is 0 Å². The van der Waals surface area contributed by atoms with Gasteiger partial charge in [-0.1, -0.05) is 18.6 Å². The summed E-state index contributed by atoms with van der Waals surface area (Å²) >= 11 is 2.01. The van der Waals surface area contributed by atoms with Crippen molar-refractivity contribution in [3.05, 3.63) is 35.6 Å². The second-order valence-electron chi connectivity index (χ2n) is 5.99. The molecule has 1 nitrogen and oxygen atoms in total. The monoisotopic (exact) mass is 279 g/mol. The van der Waals surface area contributed by atoms with Gasteiger partial charge in [-0.2, -0.15) is 11.8 Å². The van der Waals surface area contributed by atoms with Crippen molar-refractivity contribution >= 4 is 11.8 Å². The Morgan fingerprint density at radius 3 is 2.47 bits per heavy atom. The molecule has 3 heteroatoms. The van der Waals surface area contributed by atoms with Crippen LogP contribution in [0.15, 0.2) is 24.3 Å². The van der Waals surface area contributed by atoms with E-state index in [1.807, 2.05) is 23.9 Å². The molecule has 1 aromatic carbocycles. The molecule has 2 fully saturated rings. The van der Waals surface area contributed by atoms with Crippen LogP contribution in [0.5, 0.6) is 0 Å². The number of nitrogens with one attached hydrogen (secondary N) is 1. The first-order valence-electron chi connectivity index (χ1n) is 7.26.